The summed E-state index contributed by atoms with van der Waals surface area (Å²) in [6, 6.07) is -1.63. The molecule has 29 heavy (non-hydrogen) atoms. The lowest BCUT2D eigenvalue weighted by Crippen LogP contribution is -2.58. The molecule has 1 fully saturated rings. The molecule has 0 aromatic rings. The summed E-state index contributed by atoms with van der Waals surface area (Å²) in [6.45, 7) is 11.2. The van der Waals surface area contributed by atoms with Crippen molar-refractivity contribution in [1.29, 1.82) is 0 Å². The number of likely N-dealkylation sites (tertiary alicyclic amines) is 1. The molecule has 1 heterocycles. The molecule has 0 unspecified atom stereocenters. The first kappa shape index (κ1) is 24.8. The molecule has 1 saturated heterocycles. The van der Waals surface area contributed by atoms with Gasteiger partial charge in [-0.1, -0.05) is 5.92 Å². The summed E-state index contributed by atoms with van der Waals surface area (Å²) in [6.07, 6.45) is 5.86. The van der Waals surface area contributed by atoms with Crippen molar-refractivity contribution in [2.45, 2.75) is 84.2 Å². The van der Waals surface area contributed by atoms with Crippen LogP contribution in [0.3, 0.4) is 0 Å². The topological polar surface area (TPSA) is 88.2 Å². The molecule has 0 aromatic heterocycles. The molecule has 0 aliphatic carbocycles. The molecule has 0 radical (unpaired) electrons. The van der Waals surface area contributed by atoms with Gasteiger partial charge < -0.3 is 19.7 Å². The second kappa shape index (κ2) is 10.5. The van der Waals surface area contributed by atoms with Gasteiger partial charge in [0.1, 0.15) is 24.3 Å². The van der Waals surface area contributed by atoms with E-state index in [0.29, 0.717) is 6.54 Å². The Morgan fingerprint density at radius 3 is 2.41 bits per heavy atom. The first-order chi connectivity index (χ1) is 13.4. The molecular formula is C21H35N3O5. The highest BCUT2D eigenvalue weighted by molar-refractivity contribution is 5.91. The van der Waals surface area contributed by atoms with E-state index in [0.717, 1.165) is 12.8 Å². The third-order valence-electron chi connectivity index (χ3n) is 4.94. The van der Waals surface area contributed by atoms with Crippen LogP contribution in [-0.2, 0) is 19.1 Å². The minimum absolute atomic E-state index is 0.0315. The smallest absolute Gasteiger partial charge is 0.410 e. The first-order valence-electron chi connectivity index (χ1n) is 10.0. The minimum atomic E-state index is -0.897. The molecule has 8 nitrogen and oxygen atoms in total. The van der Waals surface area contributed by atoms with Gasteiger partial charge in [0, 0.05) is 19.6 Å². The molecule has 4 atom stereocenters. The van der Waals surface area contributed by atoms with E-state index in [2.05, 4.69) is 11.2 Å². The quantitative estimate of drug-likeness (QED) is 0.648. The van der Waals surface area contributed by atoms with E-state index in [1.165, 1.54) is 11.9 Å². The summed E-state index contributed by atoms with van der Waals surface area (Å²) in [5.74, 6) is 1.69. The molecule has 164 valence electrons. The van der Waals surface area contributed by atoms with Crippen LogP contribution < -0.4 is 5.32 Å². The average molecular weight is 410 g/mol. The second-order valence-electron chi connectivity index (χ2n) is 8.50. The molecule has 1 aliphatic rings. The zero-order valence-corrected chi connectivity index (χ0v) is 18.7. The second-order valence-corrected chi connectivity index (χ2v) is 8.50. The highest BCUT2D eigenvalue weighted by Gasteiger charge is 2.37. The van der Waals surface area contributed by atoms with Gasteiger partial charge in [-0.25, -0.2) is 4.79 Å². The van der Waals surface area contributed by atoms with Crippen molar-refractivity contribution in [2.24, 2.45) is 0 Å². The molecule has 0 aromatic carbocycles. The molecule has 0 bridgehead atoms. The summed E-state index contributed by atoms with van der Waals surface area (Å²) in [7, 11) is 1.48. The number of rotatable bonds is 7. The maximum atomic E-state index is 13.1. The SMILES string of the molecule is C#CCO[C@H](C)[C@H](NC(=O)[C@H](C)N(C)C(=O)OC(C)(C)C)C(=O)N1CCC[C@H]1C. The maximum absolute atomic E-state index is 13.1. The Labute approximate surface area is 174 Å². The fourth-order valence-corrected chi connectivity index (χ4v) is 3.04. The Kier molecular flexibility index (Phi) is 8.96. The number of nitrogens with zero attached hydrogens (tertiary/aromatic N) is 2. The summed E-state index contributed by atoms with van der Waals surface area (Å²) < 4.78 is 10.8. The number of amides is 3. The Morgan fingerprint density at radius 1 is 1.31 bits per heavy atom. The van der Waals surface area contributed by atoms with Crippen molar-refractivity contribution in [3.63, 3.8) is 0 Å². The molecule has 8 heteroatoms. The largest absolute Gasteiger partial charge is 0.444 e. The van der Waals surface area contributed by atoms with E-state index in [9.17, 15) is 14.4 Å². The van der Waals surface area contributed by atoms with Gasteiger partial charge in [-0.3, -0.25) is 14.5 Å². The molecule has 0 spiro atoms. The van der Waals surface area contributed by atoms with Crippen LogP contribution in [0, 0.1) is 12.3 Å². The maximum Gasteiger partial charge on any atom is 0.410 e. The Balaban J connectivity index is 2.90. The average Bonchev–Trinajstić information content (AvgIpc) is 3.06. The predicted octanol–water partition coefficient (Wildman–Crippen LogP) is 1.78. The number of nitrogens with one attached hydrogen (secondary N) is 1. The summed E-state index contributed by atoms with van der Waals surface area (Å²) in [5, 5.41) is 2.75. The lowest BCUT2D eigenvalue weighted by Gasteiger charge is -2.33. The lowest BCUT2D eigenvalue weighted by molar-refractivity contribution is -0.141. The minimum Gasteiger partial charge on any atom is -0.444 e. The van der Waals surface area contributed by atoms with Crippen molar-refractivity contribution < 1.29 is 23.9 Å². The molecule has 1 N–H and O–H groups in total. The van der Waals surface area contributed by atoms with Crippen LogP contribution in [0.15, 0.2) is 0 Å². The molecule has 3 amide bonds. The van der Waals surface area contributed by atoms with Gasteiger partial charge in [0.2, 0.25) is 11.8 Å². The first-order valence-corrected chi connectivity index (χ1v) is 10.0. The predicted molar refractivity (Wildman–Crippen MR) is 110 cm³/mol. The lowest BCUT2D eigenvalue weighted by atomic mass is 10.1. The van der Waals surface area contributed by atoms with Crippen LogP contribution in [0.1, 0.15) is 54.4 Å². The monoisotopic (exact) mass is 409 g/mol. The summed E-state index contributed by atoms with van der Waals surface area (Å²) in [4.78, 5) is 41.1. The Bertz CT molecular complexity index is 637. The summed E-state index contributed by atoms with van der Waals surface area (Å²) >= 11 is 0. The van der Waals surface area contributed by atoms with Crippen LogP contribution >= 0.6 is 0 Å². The van der Waals surface area contributed by atoms with Crippen LogP contribution in [0.4, 0.5) is 4.79 Å². The Morgan fingerprint density at radius 2 is 1.93 bits per heavy atom. The standard InChI is InChI=1S/C21H35N3O5/c1-9-13-28-16(4)17(19(26)24-12-10-11-14(24)2)22-18(25)15(3)23(8)20(27)29-21(5,6)7/h1,14-17H,10-13H2,2-8H3,(H,22,25)/t14-,15+,16-,17+/m1/s1. The number of hydrogen-bond acceptors (Lipinski definition) is 5. The van der Waals surface area contributed by atoms with Crippen LogP contribution in [0.5, 0.6) is 0 Å². The molecule has 0 saturated carbocycles. The van der Waals surface area contributed by atoms with Crippen molar-refractivity contribution in [3.8, 4) is 12.3 Å². The van der Waals surface area contributed by atoms with Crippen molar-refractivity contribution in [1.82, 2.24) is 15.1 Å². The number of terminal acetylenes is 1. The van der Waals surface area contributed by atoms with E-state index < -0.39 is 35.8 Å². The van der Waals surface area contributed by atoms with Gasteiger partial charge in [-0.05, 0) is 54.4 Å². The van der Waals surface area contributed by atoms with E-state index >= 15 is 0 Å². The number of hydrogen-bond donors (Lipinski definition) is 1. The van der Waals surface area contributed by atoms with Gasteiger partial charge >= 0.3 is 6.09 Å². The third kappa shape index (κ3) is 7.24. The number of carbonyl (C=O) groups is 3. The normalized spacial score (nSPS) is 19.7. The zero-order valence-electron chi connectivity index (χ0n) is 18.7. The van der Waals surface area contributed by atoms with Gasteiger partial charge in [-0.2, -0.15) is 0 Å². The fraction of sp³-hybridized carbons (Fsp3) is 0.762. The molecular weight excluding hydrogens is 374 g/mol. The van der Waals surface area contributed by atoms with Crippen LogP contribution in [-0.4, -0.2) is 77.7 Å². The van der Waals surface area contributed by atoms with Crippen molar-refractivity contribution >= 4 is 17.9 Å². The van der Waals surface area contributed by atoms with Crippen molar-refractivity contribution in [2.75, 3.05) is 20.2 Å². The zero-order chi connectivity index (χ0) is 22.4. The van der Waals surface area contributed by atoms with Crippen LogP contribution in [0.25, 0.3) is 0 Å². The van der Waals surface area contributed by atoms with Gasteiger partial charge in [-0.15, -0.1) is 6.42 Å². The van der Waals surface area contributed by atoms with E-state index in [1.54, 1.807) is 39.5 Å². The highest BCUT2D eigenvalue weighted by atomic mass is 16.6. The number of ether oxygens (including phenoxy) is 2. The van der Waals surface area contributed by atoms with E-state index in [1.807, 2.05) is 6.92 Å². The van der Waals surface area contributed by atoms with Gasteiger partial charge in [0.15, 0.2) is 0 Å². The number of likely N-dealkylation sites (N-methyl/N-ethyl adjacent to an activating group) is 1. The fourth-order valence-electron chi connectivity index (χ4n) is 3.04. The van der Waals surface area contributed by atoms with E-state index in [-0.39, 0.29) is 18.6 Å². The van der Waals surface area contributed by atoms with Gasteiger partial charge in [0.05, 0.1) is 6.10 Å². The highest BCUT2D eigenvalue weighted by Crippen LogP contribution is 2.19. The number of carbonyl (C=O) groups excluding carboxylic acids is 3. The summed E-state index contributed by atoms with van der Waals surface area (Å²) in [5.41, 5.74) is -0.677. The third-order valence-corrected chi connectivity index (χ3v) is 4.94. The van der Waals surface area contributed by atoms with Crippen LogP contribution in [0.2, 0.25) is 0 Å². The van der Waals surface area contributed by atoms with Crippen molar-refractivity contribution in [3.05, 3.63) is 0 Å². The van der Waals surface area contributed by atoms with E-state index in [4.69, 9.17) is 15.9 Å². The molecule has 1 aliphatic heterocycles. The van der Waals surface area contributed by atoms with Gasteiger partial charge in [0.25, 0.3) is 0 Å². The molecule has 1 rings (SSSR count). The Hall–Kier alpha value is -2.27.